The van der Waals surface area contributed by atoms with Gasteiger partial charge >= 0.3 is 0 Å². The molecular formula is C58H39NO. The Kier molecular flexibility index (Phi) is 8.87. The van der Waals surface area contributed by atoms with E-state index in [-0.39, 0.29) is 0 Å². The summed E-state index contributed by atoms with van der Waals surface area (Å²) in [6.07, 6.45) is 0. The van der Waals surface area contributed by atoms with Gasteiger partial charge in [-0.1, -0.05) is 194 Å². The molecule has 2 heteroatoms. The summed E-state index contributed by atoms with van der Waals surface area (Å²) in [4.78, 5) is 2.38. The molecule has 0 N–H and O–H groups in total. The van der Waals surface area contributed by atoms with Gasteiger partial charge in [-0.2, -0.15) is 0 Å². The van der Waals surface area contributed by atoms with Crippen molar-refractivity contribution in [1.82, 2.24) is 0 Å². The molecule has 0 atom stereocenters. The van der Waals surface area contributed by atoms with E-state index in [4.69, 9.17) is 4.42 Å². The van der Waals surface area contributed by atoms with E-state index in [2.05, 4.69) is 241 Å². The number of fused-ring (bicyclic) bond motifs is 5. The molecule has 1 heterocycles. The van der Waals surface area contributed by atoms with Crippen LogP contribution in [0.2, 0.25) is 0 Å². The van der Waals surface area contributed by atoms with Gasteiger partial charge in [0.1, 0.15) is 11.2 Å². The number of hydrogen-bond acceptors (Lipinski definition) is 2. The Morgan fingerprint density at radius 2 is 0.717 bits per heavy atom. The van der Waals surface area contributed by atoms with Crippen LogP contribution in [0, 0.1) is 0 Å². The molecule has 0 aliphatic heterocycles. The number of furan rings is 1. The Bertz CT molecular complexity index is 3260. The highest BCUT2D eigenvalue weighted by Gasteiger charge is 2.23. The van der Waals surface area contributed by atoms with Crippen LogP contribution < -0.4 is 4.90 Å². The summed E-state index contributed by atoms with van der Waals surface area (Å²) in [5, 5.41) is 4.41. The maximum atomic E-state index is 6.90. The van der Waals surface area contributed by atoms with E-state index < -0.39 is 0 Å². The maximum Gasteiger partial charge on any atom is 0.143 e. The number of benzene rings is 10. The quantitative estimate of drug-likeness (QED) is 0.153. The van der Waals surface area contributed by atoms with Gasteiger partial charge in [0, 0.05) is 22.1 Å². The average molecular weight is 766 g/mol. The zero-order chi connectivity index (χ0) is 39.8. The Labute approximate surface area is 349 Å². The Morgan fingerprint density at radius 1 is 0.283 bits per heavy atom. The highest BCUT2D eigenvalue weighted by molar-refractivity contribution is 6.23. The van der Waals surface area contributed by atoms with E-state index in [0.29, 0.717) is 0 Å². The van der Waals surface area contributed by atoms with Crippen molar-refractivity contribution in [3.05, 3.63) is 237 Å². The minimum absolute atomic E-state index is 0.849. The fraction of sp³-hybridized carbons (Fsp3) is 0. The minimum atomic E-state index is 0.849. The van der Waals surface area contributed by atoms with Crippen molar-refractivity contribution in [3.63, 3.8) is 0 Å². The number of hydrogen-bond donors (Lipinski definition) is 0. The van der Waals surface area contributed by atoms with Crippen LogP contribution in [-0.2, 0) is 0 Å². The second kappa shape index (κ2) is 15.1. The first-order chi connectivity index (χ1) is 29.8. The molecule has 10 aromatic carbocycles. The Balaban J connectivity index is 1.09. The molecule has 11 aromatic rings. The molecule has 0 saturated heterocycles. The van der Waals surface area contributed by atoms with Gasteiger partial charge in [0.25, 0.3) is 0 Å². The lowest BCUT2D eigenvalue weighted by atomic mass is 9.90. The maximum absolute atomic E-state index is 6.90. The summed E-state index contributed by atoms with van der Waals surface area (Å²) in [5.74, 6) is 0. The monoisotopic (exact) mass is 765 g/mol. The van der Waals surface area contributed by atoms with Crippen molar-refractivity contribution in [2.45, 2.75) is 0 Å². The topological polar surface area (TPSA) is 16.4 Å². The van der Waals surface area contributed by atoms with Gasteiger partial charge in [0.2, 0.25) is 0 Å². The lowest BCUT2D eigenvalue weighted by molar-refractivity contribution is 0.672. The van der Waals surface area contributed by atoms with Crippen molar-refractivity contribution < 1.29 is 4.42 Å². The van der Waals surface area contributed by atoms with Crippen molar-refractivity contribution in [3.8, 4) is 55.6 Å². The van der Waals surface area contributed by atoms with Gasteiger partial charge in [0.15, 0.2) is 0 Å². The van der Waals surface area contributed by atoms with Gasteiger partial charge < -0.3 is 9.32 Å². The van der Waals surface area contributed by atoms with Crippen LogP contribution in [0.1, 0.15) is 0 Å². The van der Waals surface area contributed by atoms with Gasteiger partial charge in [-0.25, -0.2) is 0 Å². The van der Waals surface area contributed by atoms with E-state index >= 15 is 0 Å². The van der Waals surface area contributed by atoms with E-state index in [0.717, 1.165) is 55.3 Å². The standard InChI is InChI=1S/C58H39NO/c1-4-15-40(16-5-1)42-27-29-43(30-28-42)45-33-37-48(38-34-45)59(47-35-31-44(32-36-47)41-17-6-2-7-18-41)55-25-14-26-56-57(55)54-39-53(51-23-12-13-24-52(51)58(54)60-56)50-22-11-10-21-49(50)46-19-8-3-9-20-46/h1-39H. The SMILES string of the molecule is c1ccc(-c2ccc(-c3ccc(N(c4ccc(-c5ccccc5)cc4)c4cccc5oc6c7ccccc7c(-c7ccccc7-c7ccccc7)cc6c45)cc3)cc2)cc1. The number of rotatable bonds is 8. The molecule has 1 aromatic heterocycles. The molecule has 282 valence electrons. The summed E-state index contributed by atoms with van der Waals surface area (Å²) < 4.78 is 6.90. The highest BCUT2D eigenvalue weighted by Crippen LogP contribution is 2.47. The fourth-order valence-electron chi connectivity index (χ4n) is 8.78. The summed E-state index contributed by atoms with van der Waals surface area (Å²) >= 11 is 0. The predicted octanol–water partition coefficient (Wildman–Crippen LogP) is 16.5. The van der Waals surface area contributed by atoms with E-state index in [1.165, 1.54) is 50.1 Å². The number of nitrogens with zero attached hydrogens (tertiary/aromatic N) is 1. The van der Waals surface area contributed by atoms with E-state index in [1.54, 1.807) is 0 Å². The lowest BCUT2D eigenvalue weighted by Gasteiger charge is -2.27. The summed E-state index contributed by atoms with van der Waals surface area (Å²) in [7, 11) is 0. The third-order valence-corrected chi connectivity index (χ3v) is 11.7. The molecule has 11 rings (SSSR count). The normalized spacial score (nSPS) is 11.3. The van der Waals surface area contributed by atoms with Crippen molar-refractivity contribution in [2.24, 2.45) is 0 Å². The predicted molar refractivity (Wildman–Crippen MR) is 253 cm³/mol. The first kappa shape index (κ1) is 35.2. The molecule has 0 amide bonds. The fourth-order valence-corrected chi connectivity index (χ4v) is 8.78. The van der Waals surface area contributed by atoms with Crippen molar-refractivity contribution in [2.75, 3.05) is 4.90 Å². The molecule has 0 aliphatic rings. The largest absolute Gasteiger partial charge is 0.455 e. The molecular weight excluding hydrogens is 727 g/mol. The second-order valence-electron chi connectivity index (χ2n) is 15.2. The first-order valence-corrected chi connectivity index (χ1v) is 20.5. The van der Waals surface area contributed by atoms with E-state index in [1.807, 2.05) is 0 Å². The van der Waals surface area contributed by atoms with Crippen molar-refractivity contribution >= 4 is 49.8 Å². The molecule has 0 saturated carbocycles. The van der Waals surface area contributed by atoms with Crippen LogP contribution in [-0.4, -0.2) is 0 Å². The Hall–Kier alpha value is -7.94. The van der Waals surface area contributed by atoms with E-state index in [9.17, 15) is 0 Å². The van der Waals surface area contributed by atoms with Crippen molar-refractivity contribution in [1.29, 1.82) is 0 Å². The molecule has 60 heavy (non-hydrogen) atoms. The third kappa shape index (κ3) is 6.32. The van der Waals surface area contributed by atoms with Gasteiger partial charge in [-0.15, -0.1) is 0 Å². The summed E-state index contributed by atoms with van der Waals surface area (Å²) in [6.45, 7) is 0. The smallest absolute Gasteiger partial charge is 0.143 e. The van der Waals surface area contributed by atoms with Crippen LogP contribution in [0.4, 0.5) is 17.1 Å². The average Bonchev–Trinajstić information content (AvgIpc) is 3.72. The van der Waals surface area contributed by atoms with Crippen LogP contribution in [0.25, 0.3) is 88.3 Å². The molecule has 0 radical (unpaired) electrons. The van der Waals surface area contributed by atoms with Crippen LogP contribution in [0.15, 0.2) is 241 Å². The molecule has 0 aliphatic carbocycles. The minimum Gasteiger partial charge on any atom is -0.455 e. The lowest BCUT2D eigenvalue weighted by Crippen LogP contribution is -2.10. The van der Waals surface area contributed by atoms with Crippen LogP contribution in [0.3, 0.4) is 0 Å². The van der Waals surface area contributed by atoms with Gasteiger partial charge in [-0.05, 0) is 103 Å². The van der Waals surface area contributed by atoms with Gasteiger partial charge in [-0.3, -0.25) is 0 Å². The first-order valence-electron chi connectivity index (χ1n) is 20.5. The van der Waals surface area contributed by atoms with Crippen LogP contribution >= 0.6 is 0 Å². The summed E-state index contributed by atoms with van der Waals surface area (Å²) in [6, 6.07) is 84.7. The highest BCUT2D eigenvalue weighted by atomic mass is 16.3. The van der Waals surface area contributed by atoms with Crippen LogP contribution in [0.5, 0.6) is 0 Å². The molecule has 2 nitrogen and oxygen atoms in total. The van der Waals surface area contributed by atoms with Gasteiger partial charge in [0.05, 0.1) is 11.1 Å². The number of anilines is 3. The molecule has 0 spiro atoms. The third-order valence-electron chi connectivity index (χ3n) is 11.7. The molecule has 0 bridgehead atoms. The zero-order valence-corrected chi connectivity index (χ0v) is 32.9. The zero-order valence-electron chi connectivity index (χ0n) is 32.9. The summed E-state index contributed by atoms with van der Waals surface area (Å²) in [5.41, 5.74) is 16.8. The second-order valence-corrected chi connectivity index (χ2v) is 15.2. The Morgan fingerprint density at radius 3 is 1.27 bits per heavy atom. The molecule has 0 unspecified atom stereocenters. The molecule has 0 fully saturated rings.